The van der Waals surface area contributed by atoms with Gasteiger partial charge in [0.15, 0.2) is 11.5 Å². The molecule has 0 amide bonds. The number of nitriles is 1. The van der Waals surface area contributed by atoms with Crippen LogP contribution in [0.4, 0.5) is 0 Å². The zero-order valence-electron chi connectivity index (χ0n) is 13.6. The molecule has 3 heteroatoms. The Labute approximate surface area is 141 Å². The van der Waals surface area contributed by atoms with Crippen LogP contribution in [0, 0.1) is 11.3 Å². The Hall–Kier alpha value is -3.25. The SMILES string of the molecule is COc1ccc(/C=C(/C#N)c2ccc3ccccc3c2)cc1OC. The lowest BCUT2D eigenvalue weighted by atomic mass is 10.00. The largest absolute Gasteiger partial charge is 0.493 e. The maximum Gasteiger partial charge on any atom is 0.161 e. The molecule has 3 rings (SSSR count). The van der Waals surface area contributed by atoms with Crippen molar-refractivity contribution in [2.45, 2.75) is 0 Å². The number of allylic oxidation sites excluding steroid dienone is 1. The minimum absolute atomic E-state index is 0.605. The lowest BCUT2D eigenvalue weighted by Crippen LogP contribution is -1.91. The van der Waals surface area contributed by atoms with Gasteiger partial charge in [-0.1, -0.05) is 42.5 Å². The van der Waals surface area contributed by atoms with Crippen molar-refractivity contribution in [3.05, 3.63) is 71.8 Å². The van der Waals surface area contributed by atoms with Gasteiger partial charge in [0.2, 0.25) is 0 Å². The molecule has 3 nitrogen and oxygen atoms in total. The van der Waals surface area contributed by atoms with Crippen LogP contribution in [0.15, 0.2) is 60.7 Å². The van der Waals surface area contributed by atoms with Crippen LogP contribution in [0.5, 0.6) is 11.5 Å². The second-order valence-electron chi connectivity index (χ2n) is 5.35. The van der Waals surface area contributed by atoms with Crippen LogP contribution in [0.25, 0.3) is 22.4 Å². The Kier molecular flexibility index (Phi) is 4.49. The van der Waals surface area contributed by atoms with Crippen LogP contribution in [-0.4, -0.2) is 14.2 Å². The van der Waals surface area contributed by atoms with E-state index in [2.05, 4.69) is 12.1 Å². The number of nitrogens with zero attached hydrogens (tertiary/aromatic N) is 1. The second kappa shape index (κ2) is 6.89. The first-order valence-corrected chi connectivity index (χ1v) is 7.58. The molecule has 118 valence electrons. The molecular formula is C21H17NO2. The van der Waals surface area contributed by atoms with E-state index in [1.165, 1.54) is 0 Å². The topological polar surface area (TPSA) is 42.2 Å². The molecule has 0 radical (unpaired) electrons. The van der Waals surface area contributed by atoms with Gasteiger partial charge < -0.3 is 9.47 Å². The van der Waals surface area contributed by atoms with E-state index in [1.807, 2.05) is 60.7 Å². The normalized spacial score (nSPS) is 11.1. The van der Waals surface area contributed by atoms with Crippen LogP contribution in [0.2, 0.25) is 0 Å². The van der Waals surface area contributed by atoms with Crippen molar-refractivity contribution >= 4 is 22.4 Å². The van der Waals surface area contributed by atoms with Crippen LogP contribution in [0.1, 0.15) is 11.1 Å². The molecule has 3 aromatic rings. The molecule has 0 spiro atoms. The molecule has 0 aliphatic carbocycles. The van der Waals surface area contributed by atoms with Gasteiger partial charge in [0.1, 0.15) is 0 Å². The standard InChI is InChI=1S/C21H17NO2/c1-23-20-10-7-15(12-21(20)24-2)11-19(14-22)18-9-8-16-5-3-4-6-17(16)13-18/h3-13H,1-2H3/b19-11-. The monoisotopic (exact) mass is 315 g/mol. The van der Waals surface area contributed by atoms with Crippen LogP contribution >= 0.6 is 0 Å². The quantitative estimate of drug-likeness (QED) is 0.507. The van der Waals surface area contributed by atoms with E-state index in [-0.39, 0.29) is 0 Å². The highest BCUT2D eigenvalue weighted by Gasteiger charge is 2.06. The highest BCUT2D eigenvalue weighted by Crippen LogP contribution is 2.30. The van der Waals surface area contributed by atoms with E-state index in [0.29, 0.717) is 17.1 Å². The Balaban J connectivity index is 2.04. The van der Waals surface area contributed by atoms with E-state index >= 15 is 0 Å². The molecule has 0 heterocycles. The molecular weight excluding hydrogens is 298 g/mol. The summed E-state index contributed by atoms with van der Waals surface area (Å²) in [7, 11) is 3.20. The van der Waals surface area contributed by atoms with Crippen molar-refractivity contribution in [2.75, 3.05) is 14.2 Å². The first-order chi connectivity index (χ1) is 11.7. The minimum Gasteiger partial charge on any atom is -0.493 e. The van der Waals surface area contributed by atoms with Crippen molar-refractivity contribution < 1.29 is 9.47 Å². The summed E-state index contributed by atoms with van der Waals surface area (Å²) >= 11 is 0. The summed E-state index contributed by atoms with van der Waals surface area (Å²) in [5, 5.41) is 11.8. The average molecular weight is 315 g/mol. The molecule has 3 aromatic carbocycles. The molecule has 0 aromatic heterocycles. The highest BCUT2D eigenvalue weighted by atomic mass is 16.5. The first kappa shape index (κ1) is 15.6. The molecule has 0 saturated carbocycles. The van der Waals surface area contributed by atoms with Gasteiger partial charge in [0, 0.05) is 0 Å². The lowest BCUT2D eigenvalue weighted by Gasteiger charge is -2.08. The maximum atomic E-state index is 9.57. The molecule has 0 aliphatic heterocycles. The fourth-order valence-corrected chi connectivity index (χ4v) is 2.65. The van der Waals surface area contributed by atoms with E-state index < -0.39 is 0 Å². The van der Waals surface area contributed by atoms with Gasteiger partial charge in [-0.05, 0) is 46.2 Å². The number of benzene rings is 3. The number of hydrogen-bond donors (Lipinski definition) is 0. The molecule has 0 unspecified atom stereocenters. The Morgan fingerprint density at radius 2 is 1.62 bits per heavy atom. The summed E-state index contributed by atoms with van der Waals surface area (Å²) in [6.07, 6.45) is 1.85. The van der Waals surface area contributed by atoms with Gasteiger partial charge >= 0.3 is 0 Å². The number of fused-ring (bicyclic) bond motifs is 1. The van der Waals surface area contributed by atoms with E-state index in [1.54, 1.807) is 14.2 Å². The van der Waals surface area contributed by atoms with E-state index in [9.17, 15) is 5.26 Å². The molecule has 24 heavy (non-hydrogen) atoms. The number of ether oxygens (including phenoxy) is 2. The van der Waals surface area contributed by atoms with Gasteiger partial charge in [-0.2, -0.15) is 5.26 Å². The van der Waals surface area contributed by atoms with Crippen molar-refractivity contribution in [3.8, 4) is 17.6 Å². The molecule has 0 aliphatic rings. The Morgan fingerprint density at radius 3 is 2.33 bits per heavy atom. The summed E-state index contributed by atoms with van der Waals surface area (Å²) in [4.78, 5) is 0. The number of hydrogen-bond acceptors (Lipinski definition) is 3. The van der Waals surface area contributed by atoms with E-state index in [4.69, 9.17) is 9.47 Å². The third-order valence-electron chi connectivity index (χ3n) is 3.90. The smallest absolute Gasteiger partial charge is 0.161 e. The summed E-state index contributed by atoms with van der Waals surface area (Å²) < 4.78 is 10.6. The molecule has 0 N–H and O–H groups in total. The van der Waals surface area contributed by atoms with Crippen LogP contribution in [-0.2, 0) is 0 Å². The van der Waals surface area contributed by atoms with Crippen molar-refractivity contribution in [1.29, 1.82) is 5.26 Å². The van der Waals surface area contributed by atoms with Crippen molar-refractivity contribution in [1.82, 2.24) is 0 Å². The summed E-state index contributed by atoms with van der Waals surface area (Å²) in [5.74, 6) is 1.31. The van der Waals surface area contributed by atoms with Crippen LogP contribution < -0.4 is 9.47 Å². The fraction of sp³-hybridized carbons (Fsp3) is 0.0952. The average Bonchev–Trinajstić information content (AvgIpc) is 2.65. The summed E-state index contributed by atoms with van der Waals surface area (Å²) in [6, 6.07) is 22.0. The number of rotatable bonds is 4. The zero-order chi connectivity index (χ0) is 16.9. The summed E-state index contributed by atoms with van der Waals surface area (Å²) in [6.45, 7) is 0. The third kappa shape index (κ3) is 3.09. The predicted molar refractivity (Wildman–Crippen MR) is 97.0 cm³/mol. The van der Waals surface area contributed by atoms with Gasteiger partial charge in [0.25, 0.3) is 0 Å². The fourth-order valence-electron chi connectivity index (χ4n) is 2.65. The predicted octanol–water partition coefficient (Wildman–Crippen LogP) is 4.92. The van der Waals surface area contributed by atoms with Gasteiger partial charge in [-0.25, -0.2) is 0 Å². The minimum atomic E-state index is 0.605. The molecule has 0 saturated heterocycles. The Bertz CT molecular complexity index is 951. The third-order valence-corrected chi connectivity index (χ3v) is 3.90. The van der Waals surface area contributed by atoms with Gasteiger partial charge in [0.05, 0.1) is 25.9 Å². The second-order valence-corrected chi connectivity index (χ2v) is 5.35. The van der Waals surface area contributed by atoms with Crippen LogP contribution in [0.3, 0.4) is 0 Å². The van der Waals surface area contributed by atoms with Crippen molar-refractivity contribution in [2.24, 2.45) is 0 Å². The summed E-state index contributed by atoms with van der Waals surface area (Å²) in [5.41, 5.74) is 2.39. The van der Waals surface area contributed by atoms with Crippen molar-refractivity contribution in [3.63, 3.8) is 0 Å². The Morgan fingerprint density at radius 1 is 0.875 bits per heavy atom. The number of methoxy groups -OCH3 is 2. The first-order valence-electron chi connectivity index (χ1n) is 7.58. The van der Waals surface area contributed by atoms with Gasteiger partial charge in [-0.3, -0.25) is 0 Å². The lowest BCUT2D eigenvalue weighted by molar-refractivity contribution is 0.355. The molecule has 0 bridgehead atoms. The van der Waals surface area contributed by atoms with E-state index in [0.717, 1.165) is 21.9 Å². The highest BCUT2D eigenvalue weighted by molar-refractivity contribution is 5.94. The maximum absolute atomic E-state index is 9.57. The van der Waals surface area contributed by atoms with Gasteiger partial charge in [-0.15, -0.1) is 0 Å². The molecule has 0 atom stereocenters. The zero-order valence-corrected chi connectivity index (χ0v) is 13.6. The molecule has 0 fully saturated rings.